The van der Waals surface area contributed by atoms with E-state index in [2.05, 4.69) is 31.5 Å². The van der Waals surface area contributed by atoms with E-state index in [4.69, 9.17) is 16.6 Å². The summed E-state index contributed by atoms with van der Waals surface area (Å²) in [5.41, 5.74) is 2.62. The summed E-state index contributed by atoms with van der Waals surface area (Å²) in [6.07, 6.45) is 3.26. The topological polar surface area (TPSA) is 91.3 Å². The molecule has 0 atom stereocenters. The van der Waals surface area contributed by atoms with E-state index in [0.29, 0.717) is 28.2 Å². The Morgan fingerprint density at radius 2 is 1.69 bits per heavy atom. The molecule has 0 spiro atoms. The average molecular weight is 531 g/mol. The molecule has 1 fully saturated rings. The smallest absolute Gasteiger partial charge is 0.264 e. The summed E-state index contributed by atoms with van der Waals surface area (Å²) in [6.45, 7) is 3.60. The second-order valence-electron chi connectivity index (χ2n) is 8.46. The zero-order chi connectivity index (χ0) is 25.4. The molecule has 12 heteroatoms. The van der Waals surface area contributed by atoms with E-state index in [1.54, 1.807) is 6.20 Å². The van der Waals surface area contributed by atoms with Gasteiger partial charge in [-0.25, -0.2) is 27.2 Å². The fraction of sp³-hybridized carbons (Fsp3) is 0.208. The number of nitrogens with zero attached hydrogens (tertiary/aromatic N) is 5. The normalized spacial score (nSPS) is 14.8. The predicted octanol–water partition coefficient (Wildman–Crippen LogP) is 4.18. The number of piperazine rings is 1. The van der Waals surface area contributed by atoms with Crippen LogP contribution < -0.4 is 9.62 Å². The number of hydrogen-bond acceptors (Lipinski definition) is 7. The third kappa shape index (κ3) is 4.95. The minimum Gasteiger partial charge on any atom is -0.353 e. The summed E-state index contributed by atoms with van der Waals surface area (Å²) in [4.78, 5) is 17.1. The number of nitrogens with one attached hydrogen (secondary N) is 1. The Bertz CT molecular complexity index is 1560. The van der Waals surface area contributed by atoms with Crippen LogP contribution in [0, 0.1) is 11.6 Å². The highest BCUT2D eigenvalue weighted by atomic mass is 35.5. The fourth-order valence-corrected chi connectivity index (χ4v) is 5.26. The number of pyridine rings is 1. The molecule has 0 aliphatic carbocycles. The number of aromatic nitrogens is 3. The molecule has 1 saturated heterocycles. The van der Waals surface area contributed by atoms with Crippen molar-refractivity contribution in [3.8, 4) is 11.1 Å². The third-order valence-electron chi connectivity index (χ3n) is 5.96. The van der Waals surface area contributed by atoms with Crippen molar-refractivity contribution in [2.24, 2.45) is 0 Å². The molecule has 5 rings (SSSR count). The summed E-state index contributed by atoms with van der Waals surface area (Å²) >= 11 is 6.13. The van der Waals surface area contributed by atoms with Crippen LogP contribution in [0.4, 0.5) is 20.3 Å². The van der Waals surface area contributed by atoms with Gasteiger partial charge < -0.3 is 9.80 Å². The minimum absolute atomic E-state index is 0.0461. The first-order valence-corrected chi connectivity index (χ1v) is 12.9. The van der Waals surface area contributed by atoms with Gasteiger partial charge in [0.25, 0.3) is 10.0 Å². The first kappa shape index (κ1) is 24.3. The van der Waals surface area contributed by atoms with E-state index in [9.17, 15) is 17.2 Å². The molecular weight excluding hydrogens is 510 g/mol. The van der Waals surface area contributed by atoms with Gasteiger partial charge in [-0.3, -0.25) is 9.71 Å². The lowest BCUT2D eigenvalue weighted by molar-refractivity contribution is 0.312. The molecule has 2 aromatic carbocycles. The SMILES string of the molecule is CN1CCN(c2cnc3ccc(-c4cnc(Cl)c(NS(=O)(=O)c5ccc(F)cc5F)c4)cc3n2)CC1. The van der Waals surface area contributed by atoms with E-state index in [-0.39, 0.29) is 10.8 Å². The Kier molecular flexibility index (Phi) is 6.45. The van der Waals surface area contributed by atoms with E-state index in [1.807, 2.05) is 18.2 Å². The number of sulfonamides is 1. The lowest BCUT2D eigenvalue weighted by Gasteiger charge is -2.33. The molecule has 1 aliphatic heterocycles. The quantitative estimate of drug-likeness (QED) is 0.387. The molecule has 0 saturated carbocycles. The Balaban J connectivity index is 1.46. The number of fused-ring (bicyclic) bond motifs is 1. The van der Waals surface area contributed by atoms with E-state index in [1.165, 1.54) is 12.3 Å². The zero-order valence-corrected chi connectivity index (χ0v) is 20.7. The number of likely N-dealkylation sites (N-methyl/N-ethyl adjacent to an activating group) is 1. The second kappa shape index (κ2) is 9.57. The standard InChI is InChI=1S/C24H21ClF2N6O2S/c1-32-6-8-33(9-7-32)23-14-28-19-4-2-15(10-20(19)30-23)16-11-21(24(25)29-13-16)31-36(34,35)22-5-3-17(26)12-18(22)27/h2-5,10-14,31H,6-9H2,1H3. The first-order chi connectivity index (χ1) is 17.2. The van der Waals surface area contributed by atoms with Crippen LogP contribution in [0.2, 0.25) is 5.15 Å². The minimum atomic E-state index is -4.39. The maximum absolute atomic E-state index is 14.1. The zero-order valence-electron chi connectivity index (χ0n) is 19.1. The van der Waals surface area contributed by atoms with Gasteiger partial charge in [0, 0.05) is 44.0 Å². The van der Waals surface area contributed by atoms with E-state index in [0.717, 1.165) is 44.1 Å². The van der Waals surface area contributed by atoms with Crippen LogP contribution >= 0.6 is 11.6 Å². The van der Waals surface area contributed by atoms with E-state index < -0.39 is 26.6 Å². The first-order valence-electron chi connectivity index (χ1n) is 11.0. The van der Waals surface area contributed by atoms with E-state index >= 15 is 0 Å². The van der Waals surface area contributed by atoms with Gasteiger partial charge in [-0.05, 0) is 42.9 Å². The van der Waals surface area contributed by atoms with Crippen molar-refractivity contribution in [2.75, 3.05) is 42.8 Å². The molecule has 36 heavy (non-hydrogen) atoms. The van der Waals surface area contributed by atoms with Crippen LogP contribution in [0.5, 0.6) is 0 Å². The highest BCUT2D eigenvalue weighted by Gasteiger charge is 2.22. The van der Waals surface area contributed by atoms with Gasteiger partial charge in [0.05, 0.1) is 22.9 Å². The summed E-state index contributed by atoms with van der Waals surface area (Å²) in [7, 11) is -2.30. The molecule has 0 radical (unpaired) electrons. The molecule has 0 amide bonds. The monoisotopic (exact) mass is 530 g/mol. The Labute approximate surface area is 211 Å². The maximum Gasteiger partial charge on any atom is 0.264 e. The van der Waals surface area contributed by atoms with Crippen LogP contribution in [0.15, 0.2) is 59.8 Å². The molecule has 186 valence electrons. The summed E-state index contributed by atoms with van der Waals surface area (Å²) in [5.74, 6) is -1.31. The van der Waals surface area contributed by atoms with Crippen molar-refractivity contribution in [3.63, 3.8) is 0 Å². The van der Waals surface area contributed by atoms with Crippen LogP contribution in [-0.4, -0.2) is 61.5 Å². The van der Waals surface area contributed by atoms with Crippen molar-refractivity contribution >= 4 is 44.2 Å². The van der Waals surface area contributed by atoms with Crippen LogP contribution in [0.25, 0.3) is 22.2 Å². The van der Waals surface area contributed by atoms with Gasteiger partial charge >= 0.3 is 0 Å². The molecule has 1 aliphatic rings. The van der Waals surface area contributed by atoms with Gasteiger partial charge in [-0.1, -0.05) is 17.7 Å². The van der Waals surface area contributed by atoms with Crippen LogP contribution in [0.1, 0.15) is 0 Å². The predicted molar refractivity (Wildman–Crippen MR) is 135 cm³/mol. The van der Waals surface area contributed by atoms with Crippen molar-refractivity contribution in [2.45, 2.75) is 4.90 Å². The van der Waals surface area contributed by atoms with Gasteiger partial charge in [0.1, 0.15) is 22.3 Å². The van der Waals surface area contributed by atoms with Gasteiger partial charge in [-0.2, -0.15) is 0 Å². The van der Waals surface area contributed by atoms with Crippen molar-refractivity contribution in [1.29, 1.82) is 0 Å². The van der Waals surface area contributed by atoms with Gasteiger partial charge in [0.15, 0.2) is 5.15 Å². The Morgan fingerprint density at radius 1 is 0.917 bits per heavy atom. The number of benzene rings is 2. The summed E-state index contributed by atoms with van der Waals surface area (Å²) in [5, 5.41) is -0.122. The summed E-state index contributed by atoms with van der Waals surface area (Å²) < 4.78 is 55.0. The van der Waals surface area contributed by atoms with Crippen LogP contribution in [-0.2, 0) is 10.0 Å². The van der Waals surface area contributed by atoms with Crippen molar-refractivity contribution in [3.05, 3.63) is 71.6 Å². The largest absolute Gasteiger partial charge is 0.353 e. The van der Waals surface area contributed by atoms with Crippen molar-refractivity contribution < 1.29 is 17.2 Å². The molecular formula is C24H21ClF2N6O2S. The Morgan fingerprint density at radius 3 is 2.44 bits per heavy atom. The molecule has 3 heterocycles. The number of hydrogen-bond donors (Lipinski definition) is 1. The number of halogens is 3. The highest BCUT2D eigenvalue weighted by Crippen LogP contribution is 2.30. The second-order valence-corrected chi connectivity index (χ2v) is 10.5. The molecule has 0 unspecified atom stereocenters. The van der Waals surface area contributed by atoms with Gasteiger partial charge in [-0.15, -0.1) is 0 Å². The fourth-order valence-electron chi connectivity index (χ4n) is 3.94. The van der Waals surface area contributed by atoms with Crippen LogP contribution in [0.3, 0.4) is 0 Å². The van der Waals surface area contributed by atoms with Crippen molar-refractivity contribution in [1.82, 2.24) is 19.9 Å². The highest BCUT2D eigenvalue weighted by molar-refractivity contribution is 7.92. The molecule has 0 bridgehead atoms. The number of rotatable bonds is 5. The number of anilines is 2. The Hall–Kier alpha value is -3.41. The molecule has 2 aromatic heterocycles. The third-order valence-corrected chi connectivity index (χ3v) is 7.66. The average Bonchev–Trinajstić information content (AvgIpc) is 2.85. The van der Waals surface area contributed by atoms with Gasteiger partial charge in [0.2, 0.25) is 0 Å². The maximum atomic E-state index is 14.1. The molecule has 8 nitrogen and oxygen atoms in total. The molecule has 4 aromatic rings. The lowest BCUT2D eigenvalue weighted by Crippen LogP contribution is -2.44. The summed E-state index contributed by atoms with van der Waals surface area (Å²) in [6, 6.07) is 9.17. The lowest BCUT2D eigenvalue weighted by atomic mass is 10.1. The molecule has 1 N–H and O–H groups in total.